The minimum atomic E-state index is -1.10. The van der Waals surface area contributed by atoms with Crippen LogP contribution in [-0.4, -0.2) is 42.6 Å². The first-order valence-electron chi connectivity index (χ1n) is 4.77. The van der Waals surface area contributed by atoms with Crippen molar-refractivity contribution < 1.29 is 14.7 Å². The molecule has 1 heterocycles. The van der Waals surface area contributed by atoms with Gasteiger partial charge >= 0.3 is 5.97 Å². The van der Waals surface area contributed by atoms with E-state index in [4.69, 9.17) is 16.7 Å². The largest absolute Gasteiger partial charge is 0.477 e. The molecule has 1 aromatic heterocycles. The molecular formula is C9H12ClN3O3S. The maximum atomic E-state index is 11.1. The van der Waals surface area contributed by atoms with Crippen LogP contribution in [0, 0.1) is 0 Å². The third kappa shape index (κ3) is 3.57. The molecule has 1 rings (SSSR count). The van der Waals surface area contributed by atoms with Crippen molar-refractivity contribution in [2.45, 2.75) is 6.42 Å². The van der Waals surface area contributed by atoms with Gasteiger partial charge < -0.3 is 15.3 Å². The van der Waals surface area contributed by atoms with E-state index in [1.54, 1.807) is 19.0 Å². The summed E-state index contributed by atoms with van der Waals surface area (Å²) in [6.07, 6.45) is 0.312. The highest BCUT2D eigenvalue weighted by molar-refractivity contribution is 7.18. The second-order valence-electron chi connectivity index (χ2n) is 3.27. The Hall–Kier alpha value is -1.34. The molecule has 6 nitrogen and oxygen atoms in total. The van der Waals surface area contributed by atoms with Crippen molar-refractivity contribution in [2.75, 3.05) is 25.5 Å². The summed E-state index contributed by atoms with van der Waals surface area (Å²) in [4.78, 5) is 27.5. The first kappa shape index (κ1) is 13.7. The lowest BCUT2D eigenvalue weighted by Crippen LogP contribution is -2.26. The van der Waals surface area contributed by atoms with Gasteiger partial charge in [-0.15, -0.1) is 0 Å². The molecule has 17 heavy (non-hydrogen) atoms. The molecule has 1 aromatic rings. The Labute approximate surface area is 107 Å². The van der Waals surface area contributed by atoms with Gasteiger partial charge in [-0.05, 0) is 0 Å². The summed E-state index contributed by atoms with van der Waals surface area (Å²) >= 11 is 6.67. The van der Waals surface area contributed by atoms with E-state index in [1.165, 1.54) is 0 Å². The Morgan fingerprint density at radius 1 is 1.59 bits per heavy atom. The van der Waals surface area contributed by atoms with Crippen molar-refractivity contribution in [2.24, 2.45) is 0 Å². The van der Waals surface area contributed by atoms with Crippen LogP contribution in [-0.2, 0) is 4.79 Å². The molecule has 0 aliphatic carbocycles. The number of carbonyl (C=O) groups excluding carboxylic acids is 1. The number of anilines is 1. The predicted octanol–water partition coefficient (Wildman–Crippen LogP) is 1.07. The van der Waals surface area contributed by atoms with E-state index in [-0.39, 0.29) is 15.9 Å². The molecule has 0 bridgehead atoms. The lowest BCUT2D eigenvalue weighted by Gasteiger charge is -2.14. The summed E-state index contributed by atoms with van der Waals surface area (Å²) in [6.45, 7) is 0.447. The maximum absolute atomic E-state index is 11.1. The number of carboxylic acid groups (broad SMARTS) is 1. The van der Waals surface area contributed by atoms with E-state index in [1.807, 2.05) is 0 Å². The van der Waals surface area contributed by atoms with Crippen molar-refractivity contribution in [3.05, 3.63) is 10.0 Å². The van der Waals surface area contributed by atoms with Crippen molar-refractivity contribution in [1.82, 2.24) is 10.3 Å². The molecule has 94 valence electrons. The molecular weight excluding hydrogens is 266 g/mol. The minimum absolute atomic E-state index is 0.00783. The quantitative estimate of drug-likeness (QED) is 0.841. The average Bonchev–Trinajstić information content (AvgIpc) is 2.67. The van der Waals surface area contributed by atoms with E-state index in [0.29, 0.717) is 18.1 Å². The fourth-order valence-electron chi connectivity index (χ4n) is 1.08. The van der Waals surface area contributed by atoms with Crippen LogP contribution in [0.1, 0.15) is 16.1 Å². The number of halogens is 1. The van der Waals surface area contributed by atoms with Gasteiger partial charge in [-0.3, -0.25) is 4.79 Å². The number of rotatable bonds is 5. The van der Waals surface area contributed by atoms with Crippen LogP contribution in [0.4, 0.5) is 5.13 Å². The van der Waals surface area contributed by atoms with Gasteiger partial charge in [0.05, 0.1) is 0 Å². The lowest BCUT2D eigenvalue weighted by molar-refractivity contribution is -0.120. The molecule has 8 heteroatoms. The number of nitrogens with one attached hydrogen (secondary N) is 1. The number of aromatic carboxylic acids is 1. The lowest BCUT2D eigenvalue weighted by atomic mass is 10.4. The highest BCUT2D eigenvalue weighted by Crippen LogP contribution is 2.28. The standard InChI is InChI=1S/C9H12ClN3O3S/c1-11-5(14)3-4-13(2)9-12-7(10)6(17-9)8(15)16/h3-4H2,1-2H3,(H,11,14)(H,15,16). The van der Waals surface area contributed by atoms with Crippen LogP contribution in [0.3, 0.4) is 0 Å². The molecule has 0 fully saturated rings. The Morgan fingerprint density at radius 2 is 2.24 bits per heavy atom. The second kappa shape index (κ2) is 5.83. The van der Waals surface area contributed by atoms with Crippen LogP contribution < -0.4 is 10.2 Å². The minimum Gasteiger partial charge on any atom is -0.477 e. The van der Waals surface area contributed by atoms with E-state index in [2.05, 4.69) is 10.3 Å². The number of hydrogen-bond acceptors (Lipinski definition) is 5. The number of amides is 1. The number of hydrogen-bond donors (Lipinski definition) is 2. The van der Waals surface area contributed by atoms with Gasteiger partial charge in [-0.1, -0.05) is 22.9 Å². The first-order chi connectivity index (χ1) is 7.95. The molecule has 2 N–H and O–H groups in total. The Balaban J connectivity index is 2.69. The number of carboxylic acids is 1. The van der Waals surface area contributed by atoms with Gasteiger partial charge in [-0.2, -0.15) is 0 Å². The summed E-state index contributed by atoms with van der Waals surface area (Å²) in [5.74, 6) is -1.18. The third-order valence-corrected chi connectivity index (χ3v) is 3.59. The van der Waals surface area contributed by atoms with Crippen molar-refractivity contribution in [1.29, 1.82) is 0 Å². The van der Waals surface area contributed by atoms with Crippen LogP contribution in [0.15, 0.2) is 0 Å². The highest BCUT2D eigenvalue weighted by atomic mass is 35.5. The van der Waals surface area contributed by atoms with Gasteiger partial charge in [0.1, 0.15) is 0 Å². The number of carbonyl (C=O) groups is 2. The fourth-order valence-corrected chi connectivity index (χ4v) is 2.19. The predicted molar refractivity (Wildman–Crippen MR) is 66.0 cm³/mol. The van der Waals surface area contributed by atoms with Crippen molar-refractivity contribution in [3.8, 4) is 0 Å². The number of nitrogens with zero attached hydrogens (tertiary/aromatic N) is 2. The van der Waals surface area contributed by atoms with E-state index >= 15 is 0 Å². The van der Waals surface area contributed by atoms with Crippen LogP contribution >= 0.6 is 22.9 Å². The topological polar surface area (TPSA) is 82.5 Å². The SMILES string of the molecule is CNC(=O)CCN(C)c1nc(Cl)c(C(=O)O)s1. The van der Waals surface area contributed by atoms with E-state index in [0.717, 1.165) is 11.3 Å². The zero-order chi connectivity index (χ0) is 13.0. The Kier molecular flexibility index (Phi) is 4.71. The summed E-state index contributed by atoms with van der Waals surface area (Å²) < 4.78 is 0. The molecule has 0 spiro atoms. The Bertz CT molecular complexity index is 435. The molecule has 0 aliphatic rings. The maximum Gasteiger partial charge on any atom is 0.349 e. The van der Waals surface area contributed by atoms with Crippen LogP contribution in [0.2, 0.25) is 5.15 Å². The van der Waals surface area contributed by atoms with E-state index < -0.39 is 5.97 Å². The first-order valence-corrected chi connectivity index (χ1v) is 5.96. The molecule has 0 saturated heterocycles. The summed E-state index contributed by atoms with van der Waals surface area (Å²) in [5.41, 5.74) is 0. The Morgan fingerprint density at radius 3 is 2.71 bits per heavy atom. The molecule has 1 amide bonds. The van der Waals surface area contributed by atoms with E-state index in [9.17, 15) is 9.59 Å². The fraction of sp³-hybridized carbons (Fsp3) is 0.444. The smallest absolute Gasteiger partial charge is 0.349 e. The second-order valence-corrected chi connectivity index (χ2v) is 4.60. The van der Waals surface area contributed by atoms with Crippen LogP contribution in [0.25, 0.3) is 0 Å². The number of thiazole rings is 1. The molecule has 0 aromatic carbocycles. The summed E-state index contributed by atoms with van der Waals surface area (Å²) in [6, 6.07) is 0. The highest BCUT2D eigenvalue weighted by Gasteiger charge is 2.17. The van der Waals surface area contributed by atoms with Gasteiger partial charge in [0.25, 0.3) is 0 Å². The zero-order valence-electron chi connectivity index (χ0n) is 9.36. The van der Waals surface area contributed by atoms with Gasteiger partial charge in [0.15, 0.2) is 15.2 Å². The summed E-state index contributed by atoms with van der Waals surface area (Å²) in [5, 5.41) is 11.8. The van der Waals surface area contributed by atoms with Crippen molar-refractivity contribution in [3.63, 3.8) is 0 Å². The third-order valence-electron chi connectivity index (χ3n) is 2.05. The monoisotopic (exact) mass is 277 g/mol. The molecule has 0 atom stereocenters. The van der Waals surface area contributed by atoms with Crippen molar-refractivity contribution >= 4 is 39.9 Å². The summed E-state index contributed by atoms with van der Waals surface area (Å²) in [7, 11) is 3.29. The van der Waals surface area contributed by atoms with Gasteiger partial charge in [0, 0.05) is 27.1 Å². The average molecular weight is 278 g/mol. The molecule has 0 radical (unpaired) electrons. The molecule has 0 saturated carbocycles. The number of aromatic nitrogens is 1. The normalized spacial score (nSPS) is 10.1. The van der Waals surface area contributed by atoms with Crippen LogP contribution in [0.5, 0.6) is 0 Å². The van der Waals surface area contributed by atoms with Gasteiger partial charge in [0.2, 0.25) is 5.91 Å². The molecule has 0 unspecified atom stereocenters. The molecule has 0 aliphatic heterocycles. The van der Waals surface area contributed by atoms with Gasteiger partial charge in [-0.25, -0.2) is 9.78 Å². The zero-order valence-corrected chi connectivity index (χ0v) is 10.9.